The summed E-state index contributed by atoms with van der Waals surface area (Å²) in [5, 5.41) is 16.0. The van der Waals surface area contributed by atoms with Crippen molar-refractivity contribution in [3.05, 3.63) is 65.7 Å². The number of amides is 1. The van der Waals surface area contributed by atoms with Gasteiger partial charge in [0, 0.05) is 11.5 Å². The molecular weight excluding hydrogens is 514 g/mol. The van der Waals surface area contributed by atoms with Crippen LogP contribution < -0.4 is 10.0 Å². The molecule has 4 N–H and O–H groups in total. The van der Waals surface area contributed by atoms with Gasteiger partial charge in [0.05, 0.1) is 11.3 Å². The van der Waals surface area contributed by atoms with Crippen LogP contribution in [0.4, 0.5) is 23.2 Å². The van der Waals surface area contributed by atoms with E-state index in [4.69, 9.17) is 9.90 Å². The summed E-state index contributed by atoms with van der Waals surface area (Å²) in [7, 11) is 1.74. The van der Waals surface area contributed by atoms with Crippen molar-refractivity contribution in [2.24, 2.45) is 5.92 Å². The Kier molecular flexibility index (Phi) is 11.5. The lowest BCUT2D eigenvalue weighted by Gasteiger charge is -2.29. The van der Waals surface area contributed by atoms with Crippen LogP contribution in [-0.4, -0.2) is 39.7 Å². The molecule has 200 valence electrons. The minimum atomic E-state index is -4.64. The van der Waals surface area contributed by atoms with Crippen LogP contribution in [0.1, 0.15) is 42.7 Å². The molecule has 37 heavy (non-hydrogen) atoms. The third-order valence-electron chi connectivity index (χ3n) is 5.67. The van der Waals surface area contributed by atoms with E-state index in [1.165, 1.54) is 6.33 Å². The molecule has 1 saturated carbocycles. The van der Waals surface area contributed by atoms with Gasteiger partial charge in [0.25, 0.3) is 6.47 Å². The molecule has 4 rings (SSSR count). The normalized spacial score (nSPS) is 16.9. The van der Waals surface area contributed by atoms with Gasteiger partial charge in [0.1, 0.15) is 12.1 Å². The number of aromatic amines is 1. The Labute approximate surface area is 216 Å². The van der Waals surface area contributed by atoms with Crippen LogP contribution in [-0.2, 0) is 15.8 Å². The summed E-state index contributed by atoms with van der Waals surface area (Å²) < 4.78 is 54.6. The molecule has 1 amide bonds. The molecule has 3 aromatic rings. The number of hydrogen-bond acceptors (Lipinski definition) is 6. The van der Waals surface area contributed by atoms with Crippen LogP contribution in [0.15, 0.2) is 48.8 Å². The second kappa shape index (κ2) is 14.3. The largest absolute Gasteiger partial charge is 0.483 e. The number of aromatic nitrogens is 3. The number of rotatable bonds is 4. The predicted molar refractivity (Wildman–Crippen MR) is 133 cm³/mol. The highest BCUT2D eigenvalue weighted by molar-refractivity contribution is 7.78. The molecule has 1 aliphatic rings. The number of benzene rings is 2. The van der Waals surface area contributed by atoms with E-state index in [0.717, 1.165) is 36.1 Å². The van der Waals surface area contributed by atoms with Crippen molar-refractivity contribution >= 4 is 30.9 Å². The molecule has 0 radical (unpaired) electrons. The van der Waals surface area contributed by atoms with E-state index >= 15 is 0 Å². The molecule has 8 nitrogen and oxygen atoms in total. The first-order chi connectivity index (χ1) is 17.6. The molecule has 1 aliphatic carbocycles. The molecule has 0 spiro atoms. The van der Waals surface area contributed by atoms with E-state index in [9.17, 15) is 22.4 Å². The zero-order valence-corrected chi connectivity index (χ0v) is 20.7. The molecule has 0 bridgehead atoms. The number of nitrogens with one attached hydrogen (secondary N) is 3. The summed E-state index contributed by atoms with van der Waals surface area (Å²) in [6.07, 6.45) is -0.186. The lowest BCUT2D eigenvalue weighted by atomic mass is 9.77. The van der Waals surface area contributed by atoms with Gasteiger partial charge in [-0.05, 0) is 56.0 Å². The highest BCUT2D eigenvalue weighted by Gasteiger charge is 2.32. The minimum absolute atomic E-state index is 0.172. The zero-order chi connectivity index (χ0) is 27.4. The number of carbonyl (C=O) groups excluding carboxylic acids is 1. The van der Waals surface area contributed by atoms with Gasteiger partial charge in [-0.15, -0.1) is 0 Å². The maximum absolute atomic E-state index is 14.1. The highest BCUT2D eigenvalue weighted by Crippen LogP contribution is 2.37. The quantitative estimate of drug-likeness (QED) is 0.174. The summed E-state index contributed by atoms with van der Waals surface area (Å²) in [4.78, 5) is 25.1. The predicted octanol–water partition coefficient (Wildman–Crippen LogP) is 5.29. The number of halogens is 4. The van der Waals surface area contributed by atoms with Gasteiger partial charge < -0.3 is 10.4 Å². The maximum Gasteiger partial charge on any atom is 0.416 e. The van der Waals surface area contributed by atoms with Crippen molar-refractivity contribution in [1.82, 2.24) is 19.9 Å². The van der Waals surface area contributed by atoms with Crippen LogP contribution in [0.3, 0.4) is 0 Å². The molecule has 0 aliphatic heterocycles. The van der Waals surface area contributed by atoms with Crippen molar-refractivity contribution in [3.63, 3.8) is 0 Å². The van der Waals surface area contributed by atoms with Crippen molar-refractivity contribution in [1.29, 1.82) is 0 Å². The molecule has 13 heteroatoms. The summed E-state index contributed by atoms with van der Waals surface area (Å²) in [5.74, 6) is -0.966. The number of hydrogen-bond donors (Lipinski definition) is 5. The second-order valence-electron chi connectivity index (χ2n) is 8.03. The van der Waals surface area contributed by atoms with Crippen LogP contribution >= 0.6 is 12.8 Å². The number of carbonyl (C=O) groups is 2. The number of anilines is 1. The first kappa shape index (κ1) is 29.8. The smallest absolute Gasteiger partial charge is 0.416 e. The SMILES string of the molecule is CNS.O=C(Nc1ccc(C(F)(F)F)cc1F)C1CCCC(c2ccc(-c3ncn[nH]3)cc2)C1.O=CO. The van der Waals surface area contributed by atoms with E-state index < -0.39 is 17.6 Å². The highest BCUT2D eigenvalue weighted by atomic mass is 32.1. The fraction of sp³-hybridized carbons (Fsp3) is 0.333. The Morgan fingerprint density at radius 1 is 1.19 bits per heavy atom. The number of alkyl halides is 3. The molecule has 2 atom stereocenters. The summed E-state index contributed by atoms with van der Waals surface area (Å²) in [6, 6.07) is 10.00. The van der Waals surface area contributed by atoms with Crippen molar-refractivity contribution in [2.75, 3.05) is 12.4 Å². The van der Waals surface area contributed by atoms with E-state index in [1.54, 1.807) is 7.05 Å². The first-order valence-corrected chi connectivity index (χ1v) is 11.6. The molecule has 2 unspecified atom stereocenters. The Bertz CT molecular complexity index is 1130. The molecule has 1 fully saturated rings. The summed E-state index contributed by atoms with van der Waals surface area (Å²) >= 11 is 3.54. The Balaban J connectivity index is 0.000000733. The van der Waals surface area contributed by atoms with Gasteiger partial charge in [0.15, 0.2) is 5.82 Å². The van der Waals surface area contributed by atoms with Crippen LogP contribution in [0.2, 0.25) is 0 Å². The van der Waals surface area contributed by atoms with E-state index in [1.807, 2.05) is 24.3 Å². The van der Waals surface area contributed by atoms with Crippen molar-refractivity contribution < 1.29 is 32.3 Å². The first-order valence-electron chi connectivity index (χ1n) is 11.2. The van der Waals surface area contributed by atoms with E-state index in [0.29, 0.717) is 24.7 Å². The third-order valence-corrected chi connectivity index (χ3v) is 5.67. The molecular formula is C24H27F4N5O3S. The fourth-order valence-corrected chi connectivity index (χ4v) is 4.02. The zero-order valence-electron chi connectivity index (χ0n) is 19.8. The lowest BCUT2D eigenvalue weighted by molar-refractivity contribution is -0.137. The Morgan fingerprint density at radius 2 is 1.84 bits per heavy atom. The number of H-pyrrole nitrogens is 1. The topological polar surface area (TPSA) is 120 Å². The van der Waals surface area contributed by atoms with Gasteiger partial charge in [-0.1, -0.05) is 43.5 Å². The van der Waals surface area contributed by atoms with Gasteiger partial charge in [0.2, 0.25) is 5.91 Å². The maximum atomic E-state index is 14.1. The van der Waals surface area contributed by atoms with Crippen LogP contribution in [0, 0.1) is 11.7 Å². The van der Waals surface area contributed by atoms with Crippen molar-refractivity contribution in [2.45, 2.75) is 37.8 Å². The standard InChI is InChI=1S/C22H20F4N4O.CH5NS.CH2O2/c23-18-11-17(22(24,25)26)8-9-19(18)29-21(31)16-3-1-2-15(10-16)13-4-6-14(7-5-13)20-27-12-28-30-20;1-2-3;2-1-3/h4-9,11-12,15-16H,1-3,10H2,(H,29,31)(H,27,28,30);2-3H,1H3;1H,(H,2,3). The fourth-order valence-electron chi connectivity index (χ4n) is 4.02. The lowest BCUT2D eigenvalue weighted by Crippen LogP contribution is -2.28. The monoisotopic (exact) mass is 541 g/mol. The summed E-state index contributed by atoms with van der Waals surface area (Å²) in [5.41, 5.74) is 0.677. The van der Waals surface area contributed by atoms with Crippen molar-refractivity contribution in [3.8, 4) is 11.4 Å². The van der Waals surface area contributed by atoms with E-state index in [-0.39, 0.29) is 29.9 Å². The van der Waals surface area contributed by atoms with E-state index in [2.05, 4.69) is 38.0 Å². The van der Waals surface area contributed by atoms with Crippen LogP contribution in [0.25, 0.3) is 11.4 Å². The van der Waals surface area contributed by atoms with Gasteiger partial charge in [-0.2, -0.15) is 18.3 Å². The molecule has 0 saturated heterocycles. The number of thiol groups is 1. The number of carboxylic acid groups (broad SMARTS) is 1. The molecule has 1 aromatic heterocycles. The number of nitrogens with zero attached hydrogens (tertiary/aromatic N) is 2. The molecule has 2 aromatic carbocycles. The average molecular weight is 542 g/mol. The average Bonchev–Trinajstić information content (AvgIpc) is 3.41. The third kappa shape index (κ3) is 8.86. The Morgan fingerprint density at radius 3 is 2.38 bits per heavy atom. The van der Waals surface area contributed by atoms with Gasteiger partial charge in [-0.3, -0.25) is 19.4 Å². The Hall–Kier alpha value is -3.45. The second-order valence-corrected chi connectivity index (χ2v) is 8.47. The van der Waals surface area contributed by atoms with Gasteiger partial charge in [-0.25, -0.2) is 9.37 Å². The van der Waals surface area contributed by atoms with Gasteiger partial charge >= 0.3 is 6.18 Å². The minimum Gasteiger partial charge on any atom is -0.483 e. The summed E-state index contributed by atoms with van der Waals surface area (Å²) in [6.45, 7) is -0.250. The molecule has 1 heterocycles. The van der Waals surface area contributed by atoms with Crippen LogP contribution in [0.5, 0.6) is 0 Å².